The number of fused-ring (bicyclic) bond motifs is 1. The summed E-state index contributed by atoms with van der Waals surface area (Å²) >= 11 is 0. The zero-order valence-electron chi connectivity index (χ0n) is 22.0. The predicted molar refractivity (Wildman–Crippen MR) is 140 cm³/mol. The van der Waals surface area contributed by atoms with E-state index in [1.165, 1.54) is 12.3 Å². The van der Waals surface area contributed by atoms with E-state index in [9.17, 15) is 33.3 Å². The number of aryl methyl sites for hydroxylation is 1. The van der Waals surface area contributed by atoms with E-state index >= 15 is 0 Å². The summed E-state index contributed by atoms with van der Waals surface area (Å²) < 4.78 is 57.0. The number of aromatic carboxylic acids is 1. The maximum absolute atomic E-state index is 12.5. The number of nitrogens with one attached hydrogen (secondary N) is 1. The van der Waals surface area contributed by atoms with Gasteiger partial charge in [0, 0.05) is 18.7 Å². The van der Waals surface area contributed by atoms with E-state index < -0.39 is 76.0 Å². The van der Waals surface area contributed by atoms with E-state index in [4.69, 9.17) is 23.8 Å². The number of nitrogens with zero attached hydrogens (tertiary/aromatic N) is 1. The molecule has 0 aliphatic carbocycles. The summed E-state index contributed by atoms with van der Waals surface area (Å²) in [5.74, 6) is -1.88. The summed E-state index contributed by atoms with van der Waals surface area (Å²) in [7, 11) is -11.2. The molecule has 43 heavy (non-hydrogen) atoms. The molecule has 2 saturated heterocycles. The minimum absolute atomic E-state index is 0.316. The summed E-state index contributed by atoms with van der Waals surface area (Å²) in [6.45, 7) is -0.806. The minimum atomic E-state index is -5.61. The van der Waals surface area contributed by atoms with Crippen molar-refractivity contribution in [3.8, 4) is 5.75 Å². The first-order valence-corrected chi connectivity index (χ1v) is 15.6. The Morgan fingerprint density at radius 2 is 1.72 bits per heavy atom. The number of phosphoric ester groups is 2. The summed E-state index contributed by atoms with van der Waals surface area (Å²) in [6.07, 6.45) is -2.85. The highest BCUT2D eigenvalue weighted by Crippen LogP contribution is 2.56. The highest BCUT2D eigenvalue weighted by atomic mass is 31.3. The number of hydrogen-bond donors (Lipinski definition) is 2. The number of carboxylic acids is 1. The van der Waals surface area contributed by atoms with Crippen molar-refractivity contribution >= 4 is 21.6 Å². The van der Waals surface area contributed by atoms with Crippen LogP contribution in [0, 0.1) is 0 Å². The molecule has 0 spiro atoms. The molecule has 0 radical (unpaired) electrons. The lowest BCUT2D eigenvalue weighted by atomic mass is 10.1. The van der Waals surface area contributed by atoms with Crippen molar-refractivity contribution in [2.75, 3.05) is 6.61 Å². The van der Waals surface area contributed by atoms with E-state index in [0.29, 0.717) is 12.8 Å². The van der Waals surface area contributed by atoms with Gasteiger partial charge < -0.3 is 38.2 Å². The molecule has 4 unspecified atom stereocenters. The van der Waals surface area contributed by atoms with Crippen molar-refractivity contribution < 1.29 is 56.4 Å². The molecular formula is C25H24N2O14P2-2. The van der Waals surface area contributed by atoms with Gasteiger partial charge in [0.2, 0.25) is 0 Å². The van der Waals surface area contributed by atoms with Crippen LogP contribution in [0.15, 0.2) is 76.4 Å². The second kappa shape index (κ2) is 12.7. The van der Waals surface area contributed by atoms with Gasteiger partial charge in [-0.3, -0.25) is 23.5 Å². The average molecular weight is 638 g/mol. The van der Waals surface area contributed by atoms with Crippen molar-refractivity contribution in [3.05, 3.63) is 98.8 Å². The monoisotopic (exact) mass is 638 g/mol. The van der Waals surface area contributed by atoms with Gasteiger partial charge in [0.15, 0.2) is 12.5 Å². The number of carboxylic acid groups (broad SMARTS) is 1. The van der Waals surface area contributed by atoms with Crippen molar-refractivity contribution in [3.63, 3.8) is 0 Å². The van der Waals surface area contributed by atoms with Gasteiger partial charge in [-0.25, -0.2) is 13.9 Å². The van der Waals surface area contributed by atoms with Crippen LogP contribution in [0.4, 0.5) is 0 Å². The molecule has 0 amide bonds. The average Bonchev–Trinajstić information content (AvgIpc) is 3.50. The van der Waals surface area contributed by atoms with Gasteiger partial charge in [-0.15, -0.1) is 0 Å². The first-order chi connectivity index (χ1) is 20.4. The molecule has 16 nitrogen and oxygen atoms in total. The zero-order valence-corrected chi connectivity index (χ0v) is 23.7. The normalized spacial score (nSPS) is 25.9. The molecule has 230 valence electrons. The number of ether oxygens (including phenoxy) is 3. The van der Waals surface area contributed by atoms with Crippen LogP contribution in [0.2, 0.25) is 0 Å². The molecule has 5 rings (SSSR count). The van der Waals surface area contributed by atoms with Gasteiger partial charge in [-0.1, -0.05) is 36.4 Å². The third-order valence-electron chi connectivity index (χ3n) is 6.44. The van der Waals surface area contributed by atoms with E-state index in [-0.39, 0.29) is 5.56 Å². The predicted octanol–water partition coefficient (Wildman–Crippen LogP) is 0.924. The van der Waals surface area contributed by atoms with Crippen LogP contribution in [0.1, 0.15) is 28.6 Å². The molecule has 2 fully saturated rings. The molecule has 3 heterocycles. The van der Waals surface area contributed by atoms with E-state index in [2.05, 4.69) is 13.8 Å². The number of rotatable bonds is 12. The van der Waals surface area contributed by atoms with Gasteiger partial charge in [0.25, 0.3) is 13.4 Å². The first kappa shape index (κ1) is 31.0. The van der Waals surface area contributed by atoms with Crippen LogP contribution in [-0.2, 0) is 38.6 Å². The number of carbonyl (C=O) groups is 1. The van der Waals surface area contributed by atoms with Gasteiger partial charge in [0.05, 0.1) is 12.2 Å². The van der Waals surface area contributed by atoms with Crippen LogP contribution in [0.25, 0.3) is 0 Å². The number of hydrogen-bond acceptors (Lipinski definition) is 13. The number of benzene rings is 2. The molecule has 2 aliphatic heterocycles. The molecule has 2 aliphatic rings. The highest BCUT2D eigenvalue weighted by Gasteiger charge is 2.53. The molecule has 3 aromatic rings. The van der Waals surface area contributed by atoms with Gasteiger partial charge >= 0.3 is 19.5 Å². The van der Waals surface area contributed by atoms with Gasteiger partial charge in [0.1, 0.15) is 24.1 Å². The van der Waals surface area contributed by atoms with Crippen LogP contribution >= 0.6 is 15.6 Å². The third kappa shape index (κ3) is 7.75. The molecule has 18 heteroatoms. The summed E-state index contributed by atoms with van der Waals surface area (Å²) in [5.41, 5.74) is -0.768. The maximum atomic E-state index is 12.5. The Hall–Kier alpha value is -3.43. The number of phosphoric acid groups is 2. The fraction of sp³-hybridized carbons (Fsp3) is 0.320. The quantitative estimate of drug-likeness (QED) is 0.263. The number of H-pyrrole nitrogens is 1. The Morgan fingerprint density at radius 3 is 2.44 bits per heavy atom. The van der Waals surface area contributed by atoms with Gasteiger partial charge in [-0.05, 0) is 30.2 Å². The Labute approximate surface area is 242 Å². The number of aromatic amines is 1. The van der Waals surface area contributed by atoms with Crippen LogP contribution in [0.3, 0.4) is 0 Å². The third-order valence-corrected chi connectivity index (χ3v) is 8.94. The van der Waals surface area contributed by atoms with Gasteiger partial charge in [-0.2, -0.15) is 0 Å². The lowest BCUT2D eigenvalue weighted by Crippen LogP contribution is -2.36. The Morgan fingerprint density at radius 1 is 0.977 bits per heavy atom. The topological polar surface area (TPSA) is 228 Å². The van der Waals surface area contributed by atoms with E-state index in [1.807, 2.05) is 30.3 Å². The second-order valence-corrected chi connectivity index (χ2v) is 12.3. The lowest BCUT2D eigenvalue weighted by Gasteiger charge is -2.31. The SMILES string of the molecule is O=C(O)c1cccc(OP(=O)([O-])OP(=O)([O-])OC[C@H]2O[C@@H](n3ccc(=O)[nH]c3=O)C3OC(CCc4ccccc4)O[C@H]32)c1. The molecule has 2 aromatic carbocycles. The van der Waals surface area contributed by atoms with Crippen molar-refractivity contribution in [2.45, 2.75) is 43.7 Å². The van der Waals surface area contributed by atoms with E-state index in [1.54, 1.807) is 0 Å². The van der Waals surface area contributed by atoms with Crippen LogP contribution in [-0.4, -0.2) is 51.8 Å². The molecule has 1 aromatic heterocycles. The maximum Gasteiger partial charge on any atom is 0.335 e. The summed E-state index contributed by atoms with van der Waals surface area (Å²) in [5, 5.41) is 9.04. The van der Waals surface area contributed by atoms with E-state index in [0.717, 1.165) is 34.4 Å². The standard InChI is InChI=1S/C25H26N2O14P2/c28-19-11-12-27(25(31)26-19)23-22-21(38-20(39-22)10-9-15-5-2-1-3-6-15)18(37-23)14-36-42(32,33)41-43(34,35)40-17-8-4-7-16(13-17)24(29)30/h1-8,11-13,18,20-23H,9-10,14H2,(H,29,30)(H,32,33)(H,34,35)(H,26,28,31)/p-2/t18-,20?,21+,22?,23-/m1/s1. The smallest absolute Gasteiger partial charge is 0.335 e. The zero-order chi connectivity index (χ0) is 30.8. The minimum Gasteiger partial charge on any atom is -0.756 e. The lowest BCUT2D eigenvalue weighted by molar-refractivity contribution is -0.241. The fourth-order valence-electron chi connectivity index (χ4n) is 4.59. The summed E-state index contributed by atoms with van der Waals surface area (Å²) in [4.78, 5) is 61.9. The summed E-state index contributed by atoms with van der Waals surface area (Å²) in [6, 6.07) is 14.8. The van der Waals surface area contributed by atoms with Crippen molar-refractivity contribution in [1.29, 1.82) is 0 Å². The molecule has 2 N–H and O–H groups in total. The largest absolute Gasteiger partial charge is 0.756 e. The van der Waals surface area contributed by atoms with Crippen molar-refractivity contribution in [1.82, 2.24) is 9.55 Å². The molecule has 7 atom stereocenters. The molecule has 0 bridgehead atoms. The highest BCUT2D eigenvalue weighted by molar-refractivity contribution is 7.60. The molecular weight excluding hydrogens is 614 g/mol. The first-order valence-electron chi connectivity index (χ1n) is 12.7. The second-order valence-electron chi connectivity index (χ2n) is 9.43. The van der Waals surface area contributed by atoms with Crippen LogP contribution < -0.4 is 25.6 Å². The van der Waals surface area contributed by atoms with Crippen molar-refractivity contribution in [2.24, 2.45) is 0 Å². The molecule has 0 saturated carbocycles. The Kier molecular flexibility index (Phi) is 9.13. The van der Waals surface area contributed by atoms with Crippen LogP contribution in [0.5, 0.6) is 5.75 Å². The Balaban J connectivity index is 1.27. The fourth-order valence-corrected chi connectivity index (χ4v) is 6.60. The number of aromatic nitrogens is 2. The Bertz CT molecular complexity index is 1680.